The molecule has 4 aromatic rings. The van der Waals surface area contributed by atoms with Gasteiger partial charge in [-0.25, -0.2) is 13.2 Å². The van der Waals surface area contributed by atoms with Crippen LogP contribution in [0, 0.1) is 17.5 Å². The summed E-state index contributed by atoms with van der Waals surface area (Å²) < 4.78 is 93.8. The van der Waals surface area contributed by atoms with Crippen LogP contribution < -0.4 is 21.3 Å². The molecule has 4 N–H and O–H groups in total. The molecule has 2 atom stereocenters. The number of hydrogen-bond donors (Lipinski definition) is 3. The van der Waals surface area contributed by atoms with Crippen LogP contribution in [0.5, 0.6) is 5.75 Å². The van der Waals surface area contributed by atoms with Crippen molar-refractivity contribution in [1.29, 1.82) is 0 Å². The Morgan fingerprint density at radius 3 is 2.17 bits per heavy atom. The minimum Gasteiger partial charge on any atom is -0.493 e. The SMILES string of the molecule is COc1c(F)cc(Cl)cc1C(Nc1cc(F)cc2c1ccc(=O)n2-c1ccc(F)cc1)C(O)(C(C)(C)N)C(F)(F)F. The number of anilines is 1. The number of rotatable bonds is 7. The predicted molar refractivity (Wildman–Crippen MR) is 143 cm³/mol. The number of aliphatic hydroxyl groups is 1. The highest BCUT2D eigenvalue weighted by atomic mass is 35.5. The molecular weight excluding hydrogens is 576 g/mol. The van der Waals surface area contributed by atoms with E-state index in [1.165, 1.54) is 18.2 Å². The number of nitrogens with one attached hydrogen (secondary N) is 1. The van der Waals surface area contributed by atoms with Crippen LogP contribution in [0.3, 0.4) is 0 Å². The van der Waals surface area contributed by atoms with Crippen LogP contribution in [0.2, 0.25) is 5.02 Å². The van der Waals surface area contributed by atoms with Crippen molar-refractivity contribution >= 4 is 28.2 Å². The van der Waals surface area contributed by atoms with Crippen LogP contribution in [-0.4, -0.2) is 34.1 Å². The Labute approximate surface area is 234 Å². The van der Waals surface area contributed by atoms with Gasteiger partial charge < -0.3 is 20.9 Å². The lowest BCUT2D eigenvalue weighted by molar-refractivity contribution is -0.286. The minimum atomic E-state index is -5.44. The summed E-state index contributed by atoms with van der Waals surface area (Å²) in [5.41, 5.74) is -1.87. The number of fused-ring (bicyclic) bond motifs is 1. The van der Waals surface area contributed by atoms with E-state index < -0.39 is 57.7 Å². The van der Waals surface area contributed by atoms with Crippen LogP contribution in [0.25, 0.3) is 16.6 Å². The molecule has 13 heteroatoms. The summed E-state index contributed by atoms with van der Waals surface area (Å²) in [5, 5.41) is 13.6. The lowest BCUT2D eigenvalue weighted by Crippen LogP contribution is -2.68. The average molecular weight is 600 g/mol. The third kappa shape index (κ3) is 5.34. The van der Waals surface area contributed by atoms with E-state index in [0.717, 1.165) is 68.0 Å². The zero-order valence-corrected chi connectivity index (χ0v) is 22.5. The molecule has 4 rings (SSSR count). The number of nitrogens with zero attached hydrogens (tertiary/aromatic N) is 1. The number of benzene rings is 3. The largest absolute Gasteiger partial charge is 0.493 e. The number of nitrogens with two attached hydrogens (primary N) is 1. The van der Waals surface area contributed by atoms with Gasteiger partial charge in [0.1, 0.15) is 11.6 Å². The van der Waals surface area contributed by atoms with Gasteiger partial charge in [0, 0.05) is 33.4 Å². The first kappa shape index (κ1) is 30.2. The van der Waals surface area contributed by atoms with Crippen LogP contribution >= 0.6 is 11.6 Å². The van der Waals surface area contributed by atoms with Gasteiger partial charge in [-0.05, 0) is 68.4 Å². The number of methoxy groups -OCH3 is 1. The quantitative estimate of drug-likeness (QED) is 0.218. The van der Waals surface area contributed by atoms with E-state index in [4.69, 9.17) is 22.1 Å². The smallest absolute Gasteiger partial charge is 0.421 e. The molecule has 1 aromatic heterocycles. The van der Waals surface area contributed by atoms with Gasteiger partial charge in [0.25, 0.3) is 5.56 Å². The maximum Gasteiger partial charge on any atom is 0.421 e. The number of ether oxygens (including phenoxy) is 1. The molecule has 0 bridgehead atoms. The van der Waals surface area contributed by atoms with E-state index in [-0.39, 0.29) is 27.3 Å². The Hall–Kier alpha value is -3.74. The molecule has 3 aromatic carbocycles. The third-order valence-corrected chi connectivity index (χ3v) is 6.96. The maximum atomic E-state index is 15.0. The Balaban J connectivity index is 2.07. The van der Waals surface area contributed by atoms with Gasteiger partial charge in [0.05, 0.1) is 24.2 Å². The van der Waals surface area contributed by atoms with Gasteiger partial charge in [-0.3, -0.25) is 9.36 Å². The minimum absolute atomic E-state index is 0.0288. The van der Waals surface area contributed by atoms with Crippen LogP contribution in [0.4, 0.5) is 32.0 Å². The van der Waals surface area contributed by atoms with Gasteiger partial charge in [-0.2, -0.15) is 13.2 Å². The second-order valence-corrected chi connectivity index (χ2v) is 10.4. The molecule has 0 saturated carbocycles. The first-order chi connectivity index (χ1) is 19.0. The van der Waals surface area contributed by atoms with Crippen LogP contribution in [0.15, 0.2) is 65.5 Å². The normalized spacial score (nSPS) is 14.5. The van der Waals surface area contributed by atoms with E-state index in [9.17, 15) is 31.9 Å². The van der Waals surface area contributed by atoms with Crippen molar-refractivity contribution in [3.8, 4) is 11.4 Å². The van der Waals surface area contributed by atoms with Gasteiger partial charge in [0.2, 0.25) is 5.60 Å². The maximum absolute atomic E-state index is 15.0. The molecule has 0 aliphatic heterocycles. The fourth-order valence-electron chi connectivity index (χ4n) is 4.76. The van der Waals surface area contributed by atoms with Crippen molar-refractivity contribution in [3.05, 3.63) is 99.1 Å². The Kier molecular flexibility index (Phi) is 7.80. The van der Waals surface area contributed by atoms with Crippen molar-refractivity contribution in [2.45, 2.75) is 37.2 Å². The van der Waals surface area contributed by atoms with Gasteiger partial charge >= 0.3 is 6.18 Å². The molecule has 2 unspecified atom stereocenters. The molecule has 0 amide bonds. The molecule has 6 nitrogen and oxygen atoms in total. The lowest BCUT2D eigenvalue weighted by Gasteiger charge is -2.47. The van der Waals surface area contributed by atoms with Crippen LogP contribution in [0.1, 0.15) is 25.5 Å². The highest BCUT2D eigenvalue weighted by molar-refractivity contribution is 6.30. The summed E-state index contributed by atoms with van der Waals surface area (Å²) in [6.45, 7) is 1.83. The summed E-state index contributed by atoms with van der Waals surface area (Å²) in [6.07, 6.45) is -5.44. The molecule has 0 spiro atoms. The zero-order valence-electron chi connectivity index (χ0n) is 21.8. The second-order valence-electron chi connectivity index (χ2n) is 9.94. The highest BCUT2D eigenvalue weighted by Crippen LogP contribution is 2.50. The second kappa shape index (κ2) is 10.6. The molecule has 0 saturated heterocycles. The Morgan fingerprint density at radius 2 is 1.61 bits per heavy atom. The Morgan fingerprint density at radius 1 is 0.976 bits per heavy atom. The molecule has 0 aliphatic carbocycles. The lowest BCUT2D eigenvalue weighted by atomic mass is 9.74. The van der Waals surface area contributed by atoms with Crippen molar-refractivity contribution in [1.82, 2.24) is 4.57 Å². The van der Waals surface area contributed by atoms with Crippen LogP contribution in [-0.2, 0) is 0 Å². The van der Waals surface area contributed by atoms with E-state index in [2.05, 4.69) is 5.32 Å². The molecule has 0 aliphatic rings. The number of pyridine rings is 1. The summed E-state index contributed by atoms with van der Waals surface area (Å²) in [5.74, 6) is -3.39. The number of aromatic nitrogens is 1. The fraction of sp³-hybridized carbons (Fsp3) is 0.250. The molecule has 41 heavy (non-hydrogen) atoms. The predicted octanol–water partition coefficient (Wildman–Crippen LogP) is 6.25. The highest BCUT2D eigenvalue weighted by Gasteiger charge is 2.66. The topological polar surface area (TPSA) is 89.5 Å². The summed E-state index contributed by atoms with van der Waals surface area (Å²) in [7, 11) is 1.01. The summed E-state index contributed by atoms with van der Waals surface area (Å²) in [6, 6.07) is 8.20. The molecule has 0 radical (unpaired) electrons. The molecule has 1 heterocycles. The van der Waals surface area contributed by atoms with Gasteiger partial charge in [-0.15, -0.1) is 0 Å². The molecular formula is C28H24ClF6N3O3. The molecule has 0 fully saturated rings. The Bertz CT molecular complexity index is 1650. The first-order valence-electron chi connectivity index (χ1n) is 12.0. The van der Waals surface area contributed by atoms with E-state index in [0.29, 0.717) is 0 Å². The summed E-state index contributed by atoms with van der Waals surface area (Å²) >= 11 is 6.00. The first-order valence-corrected chi connectivity index (χ1v) is 12.4. The average Bonchev–Trinajstić information content (AvgIpc) is 2.85. The summed E-state index contributed by atoms with van der Waals surface area (Å²) in [4.78, 5) is 12.8. The standard InChI is InChI=1S/C28H24ClF6N3O3/c1-26(2,36)27(40,28(33,34)35)25(19-10-14(29)11-20(32)24(19)41-3)37-21-12-16(31)13-22-18(21)8-9-23(39)38(22)17-6-4-15(30)5-7-17/h4-13,25,37,40H,36H2,1-3H3. The van der Waals surface area contributed by atoms with E-state index >= 15 is 4.39 Å². The van der Waals surface area contributed by atoms with Crippen molar-refractivity contribution in [3.63, 3.8) is 0 Å². The monoisotopic (exact) mass is 599 g/mol. The van der Waals surface area contributed by atoms with Crippen molar-refractivity contribution < 1.29 is 36.2 Å². The van der Waals surface area contributed by atoms with Gasteiger partial charge in [0.15, 0.2) is 11.6 Å². The van der Waals surface area contributed by atoms with Crippen molar-refractivity contribution in [2.24, 2.45) is 5.73 Å². The van der Waals surface area contributed by atoms with Crippen molar-refractivity contribution in [2.75, 3.05) is 12.4 Å². The van der Waals surface area contributed by atoms with E-state index in [1.54, 1.807) is 0 Å². The third-order valence-electron chi connectivity index (χ3n) is 6.75. The fourth-order valence-corrected chi connectivity index (χ4v) is 4.97. The molecule has 218 valence electrons. The number of hydrogen-bond acceptors (Lipinski definition) is 5. The number of alkyl halides is 3. The van der Waals surface area contributed by atoms with Gasteiger partial charge in [-0.1, -0.05) is 11.6 Å². The van der Waals surface area contributed by atoms with E-state index in [1.807, 2.05) is 0 Å². The number of halogens is 7. The zero-order chi connectivity index (χ0) is 30.5.